The van der Waals surface area contributed by atoms with Crippen LogP contribution in [0.5, 0.6) is 0 Å². The minimum Gasteiger partial charge on any atom is 0 e. The molecule has 0 radical (unpaired) electrons. The summed E-state index contributed by atoms with van der Waals surface area (Å²) < 4.78 is 28.1. The Balaban J connectivity index is 0.00000312. The number of nitrogens with zero attached hydrogens (tertiary/aromatic N) is 2. The molecule has 0 aliphatic rings. The Bertz CT molecular complexity index is 1020. The van der Waals surface area contributed by atoms with Gasteiger partial charge in [0.1, 0.15) is 0 Å². The molecule has 2 rings (SSSR count). The molecule has 0 aliphatic heterocycles. The first-order chi connectivity index (χ1) is 11.2. The summed E-state index contributed by atoms with van der Waals surface area (Å²) in [6, 6.07) is 3.08. The maximum atomic E-state index is 11.6. The van der Waals surface area contributed by atoms with Crippen LogP contribution in [-0.2, 0) is 31.6 Å². The number of sulfone groups is 1. The van der Waals surface area contributed by atoms with Gasteiger partial charge in [-0.2, -0.15) is 0 Å². The maximum Gasteiger partial charge on any atom is 0 e. The van der Waals surface area contributed by atoms with E-state index in [0.717, 1.165) is 6.26 Å². The number of rotatable bonds is 5. The molecule has 1 amide bonds. The number of anilines is 1. The molecule has 8 nitrogen and oxygen atoms in total. The normalized spacial score (nSPS) is 11.6. The summed E-state index contributed by atoms with van der Waals surface area (Å²) in [5.41, 5.74) is 7.72. The van der Waals surface area contributed by atoms with Crippen molar-refractivity contribution in [2.24, 2.45) is 0 Å². The number of hydrogen-bond donors (Lipinski definition) is 1. The van der Waals surface area contributed by atoms with Crippen molar-refractivity contribution in [2.75, 3.05) is 17.3 Å². The smallest absolute Gasteiger partial charge is 0 e. The second kappa shape index (κ2) is 8.97. The maximum absolute atomic E-state index is 11.6. The van der Waals surface area contributed by atoms with E-state index in [4.69, 9.17) is 16.7 Å². The number of aromatic nitrogens is 2. The Kier molecular flexibility index (Phi) is 7.84. The molecule has 0 aliphatic carbocycles. The van der Waals surface area contributed by atoms with Crippen LogP contribution in [0.15, 0.2) is 22.9 Å². The van der Waals surface area contributed by atoms with Crippen molar-refractivity contribution in [1.29, 1.82) is 0 Å². The predicted molar refractivity (Wildman–Crippen MR) is 85.4 cm³/mol. The van der Waals surface area contributed by atoms with Crippen molar-refractivity contribution < 1.29 is 65.7 Å². The van der Waals surface area contributed by atoms with Gasteiger partial charge in [0, 0.05) is 31.1 Å². The van der Waals surface area contributed by atoms with E-state index >= 15 is 0 Å². The van der Waals surface area contributed by atoms with E-state index in [-0.39, 0.29) is 48.2 Å². The average molecular weight is 621 g/mol. The van der Waals surface area contributed by atoms with Crippen LogP contribution in [-0.4, -0.2) is 40.5 Å². The summed E-state index contributed by atoms with van der Waals surface area (Å²) in [5, 5.41) is 2.85. The molecule has 0 fully saturated rings. The minimum atomic E-state index is -3.42. The van der Waals surface area contributed by atoms with Gasteiger partial charge >= 0.3 is 147 Å². The van der Waals surface area contributed by atoms with E-state index in [9.17, 15) is 13.2 Å². The van der Waals surface area contributed by atoms with E-state index in [1.807, 2.05) is 0 Å². The number of amides is 1. The van der Waals surface area contributed by atoms with Crippen molar-refractivity contribution in [3.63, 3.8) is 0 Å². The van der Waals surface area contributed by atoms with E-state index in [0.29, 0.717) is 15.2 Å². The number of nitrogens with one attached hydrogen (secondary N) is 2. The van der Waals surface area contributed by atoms with Crippen LogP contribution in [0, 0.1) is 31.1 Å². The topological polar surface area (TPSA) is 126 Å². The third-order valence-electron chi connectivity index (χ3n) is 2.71. The summed E-state index contributed by atoms with van der Waals surface area (Å²) in [6.07, 6.45) is 3.73. The zero-order valence-corrected chi connectivity index (χ0v) is 19.4. The van der Waals surface area contributed by atoms with Crippen molar-refractivity contribution in [3.05, 3.63) is 40.5 Å². The van der Waals surface area contributed by atoms with Crippen molar-refractivity contribution in [2.45, 2.75) is 0 Å². The Labute approximate surface area is 176 Å². The number of furan rings is 1. The van der Waals surface area contributed by atoms with Crippen molar-refractivity contribution in [1.82, 2.24) is 9.97 Å². The molecule has 11 heteroatoms. The van der Waals surface area contributed by atoms with E-state index in [1.54, 1.807) is 12.1 Å². The van der Waals surface area contributed by atoms with Crippen LogP contribution in [0.4, 0.5) is 11.7 Å². The van der Waals surface area contributed by atoms with Gasteiger partial charge in [0.05, 0.1) is 0 Å². The molecule has 0 saturated carbocycles. The van der Waals surface area contributed by atoms with Gasteiger partial charge in [-0.3, -0.25) is 0 Å². The third-order valence-corrected chi connectivity index (χ3v) is 4.04. The van der Waals surface area contributed by atoms with Gasteiger partial charge in [-0.05, 0) is 0 Å². The molecule has 0 unspecified atom stereocenters. The van der Waals surface area contributed by atoms with E-state index in [2.05, 4.69) is 32.3 Å². The first-order valence-corrected chi connectivity index (χ1v) is 9.22. The Hall–Kier alpha value is -1.17. The summed E-state index contributed by atoms with van der Waals surface area (Å²) in [4.78, 5) is 19.1. The van der Waals surface area contributed by atoms with Crippen molar-refractivity contribution >= 4 is 44.3 Å². The van der Waals surface area contributed by atoms with Crippen LogP contribution in [0.1, 0.15) is 5.76 Å². The summed E-state index contributed by atoms with van der Waals surface area (Å²) in [5.74, 6) is -0.845. The van der Waals surface area contributed by atoms with Gasteiger partial charge in [-0.25, -0.2) is 0 Å². The third kappa shape index (κ3) is 6.57. The first kappa shape index (κ1) is 21.9. The van der Waals surface area contributed by atoms with E-state index in [1.165, 1.54) is 12.4 Å². The monoisotopic (exact) mass is 621 g/mol. The van der Waals surface area contributed by atoms with Gasteiger partial charge in [0.2, 0.25) is 0 Å². The zero-order chi connectivity index (χ0) is 17.9. The minimum absolute atomic E-state index is 0. The molecule has 2 N–H and O–H groups in total. The largest absolute Gasteiger partial charge is 0 e. The Morgan fingerprint density at radius 1 is 1.44 bits per heavy atom. The fourth-order valence-electron chi connectivity index (χ4n) is 1.71. The molecule has 0 spiro atoms. The molecule has 25 heavy (non-hydrogen) atoms. The molecule has 0 aromatic carbocycles. The standard InChI is InChI=1S/C14H13N4O4S.U.V/c1-9-11(14(15)17-8-16-9)5-3-10-4-6-13(22-10)18-12(19)7-23(2,20)21;;/h1,4-6,8H,7H2,2H3,(H3,15,16,17,18,19);;/q-1;;/p-1/b11-5+;;. The number of hydrogen-bond acceptors (Lipinski definition) is 6. The molecule has 2 aromatic rings. The molecule has 0 bridgehead atoms. The number of carbonyl (C=O) groups is 1. The molecule has 129 valence electrons. The summed E-state index contributed by atoms with van der Waals surface area (Å²) in [7, 11) is -3.42. The fourth-order valence-corrected chi connectivity index (χ4v) is 2.65. The van der Waals surface area contributed by atoms with Crippen LogP contribution in [0.2, 0.25) is 0 Å². The SMILES string of the molecule is [CH-]=c1ncnc([NH-])/c1=C/[C](=[V])c1ccc(NC(=O)CS(C)(=O)=O)o1.[U]. The molecular weight excluding hydrogens is 609 g/mol. The Morgan fingerprint density at radius 3 is 2.72 bits per heavy atom. The zero-order valence-electron chi connectivity index (χ0n) is 13.0. The molecule has 2 aromatic heterocycles. The second-order valence-electron chi connectivity index (χ2n) is 4.83. The van der Waals surface area contributed by atoms with Gasteiger partial charge in [-0.1, -0.05) is 0 Å². The average Bonchev–Trinajstić information content (AvgIpc) is 2.89. The Morgan fingerprint density at radius 2 is 2.12 bits per heavy atom. The molecular formula is C14H12N4O4SUV-2. The predicted octanol–water partition coefficient (Wildman–Crippen LogP) is -0.428. The van der Waals surface area contributed by atoms with Crippen molar-refractivity contribution in [3.8, 4) is 0 Å². The van der Waals surface area contributed by atoms with Crippen LogP contribution < -0.4 is 15.9 Å². The molecule has 0 saturated heterocycles. The van der Waals surface area contributed by atoms with Gasteiger partial charge in [-0.15, -0.1) is 0 Å². The van der Waals surface area contributed by atoms with Gasteiger partial charge < -0.3 is 0 Å². The molecule has 2 heterocycles. The van der Waals surface area contributed by atoms with Crippen LogP contribution >= 0.6 is 0 Å². The van der Waals surface area contributed by atoms with Gasteiger partial charge in [0.25, 0.3) is 0 Å². The molecule has 0 atom stereocenters. The van der Waals surface area contributed by atoms with Gasteiger partial charge in [0.15, 0.2) is 0 Å². The van der Waals surface area contributed by atoms with Crippen LogP contribution in [0.25, 0.3) is 18.4 Å². The second-order valence-corrected chi connectivity index (χ2v) is 7.73. The fraction of sp³-hybridized carbons (Fsp3) is 0.143. The summed E-state index contributed by atoms with van der Waals surface area (Å²) in [6.45, 7) is 5.71. The number of carbonyl (C=O) groups excluding carboxylic acids is 1. The van der Waals surface area contributed by atoms with E-state index < -0.39 is 21.5 Å². The van der Waals surface area contributed by atoms with Crippen LogP contribution in [0.3, 0.4) is 0 Å². The first-order valence-electron chi connectivity index (χ1n) is 6.46. The quantitative estimate of drug-likeness (QED) is 0.452. The summed E-state index contributed by atoms with van der Waals surface area (Å²) >= 11 is 2.25.